The number of hydrogen-bond acceptors (Lipinski definition) is 3. The molecule has 0 saturated heterocycles. The number of carbonyl (C=O) groups excluding carboxylic acids is 1. The molecule has 2 amide bonds. The van der Waals surface area contributed by atoms with E-state index in [0.717, 1.165) is 16.6 Å². The second kappa shape index (κ2) is 7.64. The Morgan fingerprint density at radius 1 is 1.41 bits per heavy atom. The van der Waals surface area contributed by atoms with Crippen molar-refractivity contribution in [2.24, 2.45) is 0 Å². The van der Waals surface area contributed by atoms with Gasteiger partial charge in [-0.15, -0.1) is 0 Å². The molecule has 124 valence electrons. The molecule has 0 unspecified atom stereocenters. The van der Waals surface area contributed by atoms with Crippen molar-refractivity contribution in [2.75, 3.05) is 23.7 Å². The van der Waals surface area contributed by atoms with Gasteiger partial charge in [-0.25, -0.2) is 17.6 Å². The summed E-state index contributed by atoms with van der Waals surface area (Å²) in [5, 5.41) is 5.00. The molecule has 0 radical (unpaired) electrons. The molecule has 22 heavy (non-hydrogen) atoms. The van der Waals surface area contributed by atoms with Crippen LogP contribution >= 0.6 is 11.6 Å². The quantitative estimate of drug-likeness (QED) is 0.822. The highest BCUT2D eigenvalue weighted by molar-refractivity contribution is 7.92. The zero-order valence-electron chi connectivity index (χ0n) is 12.6. The van der Waals surface area contributed by atoms with E-state index < -0.39 is 15.8 Å². The average molecular weight is 352 g/mol. The van der Waals surface area contributed by atoms with Crippen LogP contribution in [0.15, 0.2) is 18.2 Å². The van der Waals surface area contributed by atoms with E-state index >= 15 is 0 Å². The first-order valence-corrected chi connectivity index (χ1v) is 8.81. The molecule has 0 aliphatic rings. The predicted octanol–water partition coefficient (Wildman–Crippen LogP) is 1.95. The number of hydrogen-bond donors (Lipinski definition) is 2. The minimum Gasteiger partial charge on any atom is -0.336 e. The van der Waals surface area contributed by atoms with Crippen molar-refractivity contribution in [2.45, 2.75) is 19.9 Å². The maximum absolute atomic E-state index is 13.2. The Balaban J connectivity index is 2.79. The van der Waals surface area contributed by atoms with Crippen molar-refractivity contribution in [1.82, 2.24) is 10.6 Å². The molecule has 0 spiro atoms. The van der Waals surface area contributed by atoms with E-state index in [4.69, 9.17) is 11.6 Å². The molecule has 0 fully saturated rings. The van der Waals surface area contributed by atoms with Gasteiger partial charge in [0.05, 0.1) is 23.5 Å². The van der Waals surface area contributed by atoms with E-state index in [2.05, 4.69) is 10.6 Å². The Bertz CT molecular complexity index is 637. The number of nitrogens with zero attached hydrogens (tertiary/aromatic N) is 1. The van der Waals surface area contributed by atoms with Crippen molar-refractivity contribution in [3.8, 4) is 0 Å². The Hall–Kier alpha value is -1.54. The molecule has 6 nitrogen and oxygen atoms in total. The first kappa shape index (κ1) is 18.5. The molecule has 0 aliphatic heterocycles. The normalized spacial score (nSPS) is 11.4. The lowest BCUT2D eigenvalue weighted by Crippen LogP contribution is -2.43. The molecular weight excluding hydrogens is 333 g/mol. The molecule has 0 atom stereocenters. The van der Waals surface area contributed by atoms with Gasteiger partial charge in [-0.1, -0.05) is 11.6 Å². The van der Waals surface area contributed by atoms with Crippen molar-refractivity contribution < 1.29 is 17.6 Å². The van der Waals surface area contributed by atoms with Gasteiger partial charge in [-0.3, -0.25) is 4.31 Å². The minimum absolute atomic E-state index is 0.00626. The number of rotatable bonds is 6. The highest BCUT2D eigenvalue weighted by Gasteiger charge is 2.18. The molecule has 1 aromatic carbocycles. The van der Waals surface area contributed by atoms with E-state index in [1.807, 2.05) is 13.8 Å². The van der Waals surface area contributed by atoms with Crippen LogP contribution in [0.5, 0.6) is 0 Å². The Morgan fingerprint density at radius 2 is 2.05 bits per heavy atom. The zero-order valence-corrected chi connectivity index (χ0v) is 14.1. The van der Waals surface area contributed by atoms with E-state index in [9.17, 15) is 17.6 Å². The fourth-order valence-corrected chi connectivity index (χ4v) is 2.81. The van der Waals surface area contributed by atoms with E-state index in [-0.39, 0.29) is 35.9 Å². The fourth-order valence-electron chi connectivity index (χ4n) is 1.71. The SMILES string of the molecule is CC(C)NC(=O)NCCN(c1ccc(F)c(Cl)c1)S(C)(=O)=O. The number of urea groups is 1. The van der Waals surface area contributed by atoms with E-state index in [1.54, 1.807) is 0 Å². The van der Waals surface area contributed by atoms with Gasteiger partial charge in [-0.2, -0.15) is 0 Å². The van der Waals surface area contributed by atoms with Gasteiger partial charge < -0.3 is 10.6 Å². The zero-order chi connectivity index (χ0) is 16.9. The fraction of sp³-hybridized carbons (Fsp3) is 0.462. The van der Waals surface area contributed by atoms with Gasteiger partial charge in [0, 0.05) is 12.6 Å². The first-order valence-electron chi connectivity index (χ1n) is 6.58. The second-order valence-corrected chi connectivity index (χ2v) is 7.30. The molecule has 0 bridgehead atoms. The summed E-state index contributed by atoms with van der Waals surface area (Å²) in [5.74, 6) is -0.631. The summed E-state index contributed by atoms with van der Waals surface area (Å²) in [6.07, 6.45) is 1.03. The topological polar surface area (TPSA) is 78.5 Å². The molecular formula is C13H19ClFN3O3S. The molecule has 0 aromatic heterocycles. The minimum atomic E-state index is -3.59. The smallest absolute Gasteiger partial charge is 0.315 e. The van der Waals surface area contributed by atoms with Crippen molar-refractivity contribution >= 4 is 33.3 Å². The molecule has 0 saturated carbocycles. The standard InChI is InChI=1S/C13H19ClFN3O3S/c1-9(2)17-13(19)16-6-7-18(22(3,20)21)10-4-5-12(15)11(14)8-10/h4-5,8-9H,6-7H2,1-3H3,(H2,16,17,19). The summed E-state index contributed by atoms with van der Waals surface area (Å²) < 4.78 is 37.9. The third-order valence-corrected chi connectivity index (χ3v) is 4.10. The third-order valence-electron chi connectivity index (χ3n) is 2.61. The second-order valence-electron chi connectivity index (χ2n) is 4.99. The summed E-state index contributed by atoms with van der Waals surface area (Å²) >= 11 is 5.67. The lowest BCUT2D eigenvalue weighted by atomic mass is 10.3. The van der Waals surface area contributed by atoms with Crippen LogP contribution in [-0.4, -0.2) is 39.8 Å². The molecule has 1 rings (SSSR count). The van der Waals surface area contributed by atoms with Gasteiger partial charge in [0.1, 0.15) is 5.82 Å². The largest absolute Gasteiger partial charge is 0.336 e. The maximum atomic E-state index is 13.2. The van der Waals surface area contributed by atoms with Crippen molar-refractivity contribution in [3.05, 3.63) is 29.0 Å². The number of sulfonamides is 1. The van der Waals surface area contributed by atoms with Gasteiger partial charge in [0.15, 0.2) is 0 Å². The van der Waals surface area contributed by atoms with Crippen LogP contribution in [0.25, 0.3) is 0 Å². The van der Waals surface area contributed by atoms with Gasteiger partial charge in [0.2, 0.25) is 10.0 Å². The van der Waals surface area contributed by atoms with Crippen LogP contribution < -0.4 is 14.9 Å². The lowest BCUT2D eigenvalue weighted by Gasteiger charge is -2.23. The predicted molar refractivity (Wildman–Crippen MR) is 85.3 cm³/mol. The van der Waals surface area contributed by atoms with E-state index in [1.165, 1.54) is 12.1 Å². The van der Waals surface area contributed by atoms with Crippen LogP contribution in [0.3, 0.4) is 0 Å². The summed E-state index contributed by atoms with van der Waals surface area (Å²) in [7, 11) is -3.59. The van der Waals surface area contributed by atoms with Crippen molar-refractivity contribution in [3.63, 3.8) is 0 Å². The summed E-state index contributed by atoms with van der Waals surface area (Å²) in [5.41, 5.74) is 0.236. The average Bonchev–Trinajstić information content (AvgIpc) is 2.36. The van der Waals surface area contributed by atoms with Gasteiger partial charge in [0.25, 0.3) is 0 Å². The molecule has 0 heterocycles. The Labute approximate surface area is 134 Å². The number of amides is 2. The van der Waals surface area contributed by atoms with E-state index in [0.29, 0.717) is 0 Å². The van der Waals surface area contributed by atoms with Gasteiger partial charge >= 0.3 is 6.03 Å². The highest BCUT2D eigenvalue weighted by atomic mass is 35.5. The highest BCUT2D eigenvalue weighted by Crippen LogP contribution is 2.24. The molecule has 0 aliphatic carbocycles. The number of nitrogens with one attached hydrogen (secondary N) is 2. The summed E-state index contributed by atoms with van der Waals surface area (Å²) in [4.78, 5) is 11.5. The van der Waals surface area contributed by atoms with Crippen LogP contribution in [0.2, 0.25) is 5.02 Å². The Kier molecular flexibility index (Phi) is 6.43. The van der Waals surface area contributed by atoms with Crippen LogP contribution in [-0.2, 0) is 10.0 Å². The summed E-state index contributed by atoms with van der Waals surface area (Å²) in [6.45, 7) is 3.72. The molecule has 9 heteroatoms. The number of carbonyl (C=O) groups is 1. The first-order chi connectivity index (χ1) is 10.1. The summed E-state index contributed by atoms with van der Waals surface area (Å²) in [6, 6.07) is 3.22. The lowest BCUT2D eigenvalue weighted by molar-refractivity contribution is 0.239. The van der Waals surface area contributed by atoms with Gasteiger partial charge in [-0.05, 0) is 32.0 Å². The maximum Gasteiger partial charge on any atom is 0.315 e. The van der Waals surface area contributed by atoms with Crippen LogP contribution in [0.1, 0.15) is 13.8 Å². The number of halogens is 2. The van der Waals surface area contributed by atoms with Crippen LogP contribution in [0, 0.1) is 5.82 Å². The molecule has 2 N–H and O–H groups in total. The Morgan fingerprint density at radius 3 is 2.55 bits per heavy atom. The third kappa shape index (κ3) is 5.69. The van der Waals surface area contributed by atoms with Crippen LogP contribution in [0.4, 0.5) is 14.9 Å². The number of anilines is 1. The van der Waals surface area contributed by atoms with Crippen molar-refractivity contribution in [1.29, 1.82) is 0 Å². The number of benzene rings is 1. The molecule has 1 aromatic rings. The monoisotopic (exact) mass is 351 g/mol.